The summed E-state index contributed by atoms with van der Waals surface area (Å²) in [7, 11) is 0. The highest BCUT2D eigenvalue weighted by Crippen LogP contribution is 2.30. The molecule has 1 aromatic rings. The molecule has 1 heterocycles. The molecule has 0 unspecified atom stereocenters. The zero-order valence-corrected chi connectivity index (χ0v) is 11.2. The van der Waals surface area contributed by atoms with Gasteiger partial charge < -0.3 is 9.47 Å². The number of rotatable bonds is 4. The molecule has 110 valence electrons. The van der Waals surface area contributed by atoms with E-state index in [1.807, 2.05) is 0 Å². The molecule has 0 aromatic heterocycles. The number of ether oxygens (including phenoxy) is 2. The van der Waals surface area contributed by atoms with E-state index in [4.69, 9.17) is 4.74 Å². The van der Waals surface area contributed by atoms with E-state index >= 15 is 0 Å². The first-order chi connectivity index (χ1) is 10.0. The van der Waals surface area contributed by atoms with Crippen LogP contribution >= 0.6 is 0 Å². The van der Waals surface area contributed by atoms with Crippen LogP contribution in [-0.4, -0.2) is 35.9 Å². The number of hydrogen-bond acceptors (Lipinski definition) is 7. The summed E-state index contributed by atoms with van der Waals surface area (Å²) < 4.78 is 9.31. The Morgan fingerprint density at radius 1 is 1.43 bits per heavy atom. The van der Waals surface area contributed by atoms with E-state index < -0.39 is 16.9 Å². The highest BCUT2D eigenvalue weighted by molar-refractivity contribution is 6.48. The Hall–Kier alpha value is -2.77. The maximum absolute atomic E-state index is 12.2. The number of carbonyl (C=O) groups is 2. The molecule has 21 heavy (non-hydrogen) atoms. The molecule has 1 aliphatic rings. The first-order valence-corrected chi connectivity index (χ1v) is 6.24. The fourth-order valence-corrected chi connectivity index (χ4v) is 1.92. The number of ketones is 1. The third kappa shape index (κ3) is 3.22. The van der Waals surface area contributed by atoms with Crippen LogP contribution in [0.5, 0.6) is 0 Å². The van der Waals surface area contributed by atoms with Crippen molar-refractivity contribution in [3.63, 3.8) is 0 Å². The zero-order chi connectivity index (χ0) is 15.4. The van der Waals surface area contributed by atoms with Crippen LogP contribution in [0.3, 0.4) is 0 Å². The molecule has 0 spiro atoms. The summed E-state index contributed by atoms with van der Waals surface area (Å²) in [4.78, 5) is 37.3. The molecule has 0 N–H and O–H groups in total. The van der Waals surface area contributed by atoms with E-state index in [1.165, 1.54) is 0 Å². The fraction of sp³-hybridized carbons (Fsp3) is 0.308. The second-order valence-corrected chi connectivity index (χ2v) is 4.15. The Morgan fingerprint density at radius 2 is 2.19 bits per heavy atom. The molecule has 0 saturated heterocycles. The molecule has 0 aliphatic carbocycles. The van der Waals surface area contributed by atoms with Gasteiger partial charge in [0.2, 0.25) is 6.54 Å². The van der Waals surface area contributed by atoms with Crippen molar-refractivity contribution in [2.75, 3.05) is 13.2 Å². The largest absolute Gasteiger partial charge is 0.515 e. The third-order valence-corrected chi connectivity index (χ3v) is 2.78. The van der Waals surface area contributed by atoms with E-state index in [0.717, 1.165) is 0 Å². The van der Waals surface area contributed by atoms with Gasteiger partial charge >= 0.3 is 6.16 Å². The van der Waals surface area contributed by atoms with Crippen molar-refractivity contribution in [3.05, 3.63) is 39.4 Å². The van der Waals surface area contributed by atoms with Crippen LogP contribution in [0.1, 0.15) is 22.8 Å². The predicted octanol–water partition coefficient (Wildman–Crippen LogP) is 1.91. The van der Waals surface area contributed by atoms with Gasteiger partial charge in [0.25, 0.3) is 11.7 Å². The van der Waals surface area contributed by atoms with Gasteiger partial charge in [0.15, 0.2) is 0 Å². The molecular formula is C13H12N2O6. The Balaban J connectivity index is 2.19. The fourth-order valence-electron chi connectivity index (χ4n) is 1.92. The standard InChI is InChI=1S/C13H12N2O6/c1-2-20-13(17)21-12-11(16)10-8(6-7-15(18)19)4-3-5-9(10)14-12/h3-5H,2,6-7H2,1H3. The molecule has 0 saturated carbocycles. The Bertz CT molecular complexity index is 638. The van der Waals surface area contributed by atoms with E-state index in [0.29, 0.717) is 11.3 Å². The van der Waals surface area contributed by atoms with Crippen molar-refractivity contribution in [2.24, 2.45) is 4.99 Å². The van der Waals surface area contributed by atoms with E-state index in [9.17, 15) is 19.7 Å². The van der Waals surface area contributed by atoms with E-state index in [-0.39, 0.29) is 31.0 Å². The molecule has 2 rings (SSSR count). The lowest BCUT2D eigenvalue weighted by Crippen LogP contribution is -2.20. The molecular weight excluding hydrogens is 280 g/mol. The molecule has 0 atom stereocenters. The molecule has 0 bridgehead atoms. The molecule has 8 heteroatoms. The van der Waals surface area contributed by atoms with Gasteiger partial charge in [-0.2, -0.15) is 0 Å². The topological polar surface area (TPSA) is 108 Å². The Labute approximate surface area is 119 Å². The average Bonchev–Trinajstić information content (AvgIpc) is 2.74. The second kappa shape index (κ2) is 6.12. The maximum atomic E-state index is 12.2. The monoisotopic (exact) mass is 292 g/mol. The molecule has 0 fully saturated rings. The van der Waals surface area contributed by atoms with Crippen molar-refractivity contribution in [2.45, 2.75) is 13.3 Å². The summed E-state index contributed by atoms with van der Waals surface area (Å²) in [5.74, 6) is -0.950. The third-order valence-electron chi connectivity index (χ3n) is 2.78. The number of carbonyl (C=O) groups excluding carboxylic acids is 2. The van der Waals surface area contributed by atoms with Crippen LogP contribution in [-0.2, 0) is 15.9 Å². The highest BCUT2D eigenvalue weighted by atomic mass is 16.7. The highest BCUT2D eigenvalue weighted by Gasteiger charge is 2.31. The van der Waals surface area contributed by atoms with Crippen LogP contribution < -0.4 is 0 Å². The van der Waals surface area contributed by atoms with Crippen molar-refractivity contribution in [3.8, 4) is 0 Å². The number of hydrogen-bond donors (Lipinski definition) is 0. The molecule has 8 nitrogen and oxygen atoms in total. The SMILES string of the molecule is CCOC(=O)OC1=Nc2cccc(CC[N+](=O)[O-])c2C1=O. The lowest BCUT2D eigenvalue weighted by atomic mass is 10.0. The summed E-state index contributed by atoms with van der Waals surface area (Å²) in [6.45, 7) is 1.42. The lowest BCUT2D eigenvalue weighted by molar-refractivity contribution is -0.479. The normalized spacial score (nSPS) is 12.6. The maximum Gasteiger partial charge on any atom is 0.515 e. The average molecular weight is 292 g/mol. The van der Waals surface area contributed by atoms with Gasteiger partial charge in [-0.05, 0) is 18.6 Å². The van der Waals surface area contributed by atoms with E-state index in [1.54, 1.807) is 25.1 Å². The summed E-state index contributed by atoms with van der Waals surface area (Å²) in [5, 5.41) is 10.4. The number of nitrogens with zero attached hydrogens (tertiary/aromatic N) is 2. The second-order valence-electron chi connectivity index (χ2n) is 4.15. The smallest absolute Gasteiger partial charge is 0.434 e. The minimum atomic E-state index is -1.01. The van der Waals surface area contributed by atoms with Gasteiger partial charge in [-0.25, -0.2) is 9.79 Å². The van der Waals surface area contributed by atoms with Gasteiger partial charge in [-0.15, -0.1) is 0 Å². The van der Waals surface area contributed by atoms with Crippen molar-refractivity contribution in [1.82, 2.24) is 0 Å². The summed E-state index contributed by atoms with van der Waals surface area (Å²) >= 11 is 0. The van der Waals surface area contributed by atoms with Gasteiger partial charge in [0.1, 0.15) is 0 Å². The number of Topliss-reactive ketones (excluding diaryl/α,β-unsaturated/α-hetero) is 1. The summed E-state index contributed by atoms with van der Waals surface area (Å²) in [6, 6.07) is 4.83. The number of aliphatic imine (C=N–C) groups is 1. The summed E-state index contributed by atoms with van der Waals surface area (Å²) in [6.07, 6.45) is -0.909. The molecule has 0 radical (unpaired) electrons. The molecule has 1 aliphatic heterocycles. The quantitative estimate of drug-likeness (QED) is 0.476. The van der Waals surface area contributed by atoms with Gasteiger partial charge in [0.05, 0.1) is 17.9 Å². The number of nitro groups is 1. The van der Waals surface area contributed by atoms with Crippen LogP contribution in [0, 0.1) is 10.1 Å². The number of fused-ring (bicyclic) bond motifs is 1. The van der Waals surface area contributed by atoms with Gasteiger partial charge in [0, 0.05) is 11.3 Å². The van der Waals surface area contributed by atoms with Crippen molar-refractivity contribution in [1.29, 1.82) is 0 Å². The van der Waals surface area contributed by atoms with Crippen LogP contribution in [0.25, 0.3) is 0 Å². The first kappa shape index (κ1) is 14.6. The summed E-state index contributed by atoms with van der Waals surface area (Å²) in [5.41, 5.74) is 1.07. The van der Waals surface area contributed by atoms with Crippen molar-refractivity contribution >= 4 is 23.5 Å². The first-order valence-electron chi connectivity index (χ1n) is 6.24. The number of benzene rings is 1. The molecule has 0 amide bonds. The van der Waals surface area contributed by atoms with E-state index in [2.05, 4.69) is 9.73 Å². The molecule has 1 aromatic carbocycles. The zero-order valence-electron chi connectivity index (χ0n) is 11.2. The predicted molar refractivity (Wildman–Crippen MR) is 71.5 cm³/mol. The van der Waals surface area contributed by atoms with Gasteiger partial charge in [-0.3, -0.25) is 14.9 Å². The lowest BCUT2D eigenvalue weighted by Gasteiger charge is -2.04. The minimum absolute atomic E-state index is 0.101. The van der Waals surface area contributed by atoms with Crippen molar-refractivity contribution < 1.29 is 24.0 Å². The van der Waals surface area contributed by atoms with Crippen LogP contribution in [0.4, 0.5) is 10.5 Å². The minimum Gasteiger partial charge on any atom is -0.434 e. The van der Waals surface area contributed by atoms with Crippen LogP contribution in [0.15, 0.2) is 23.2 Å². The van der Waals surface area contributed by atoms with Gasteiger partial charge in [-0.1, -0.05) is 12.1 Å². The Morgan fingerprint density at radius 3 is 2.86 bits per heavy atom. The Kier molecular flexibility index (Phi) is 4.27. The van der Waals surface area contributed by atoms with Crippen LogP contribution in [0.2, 0.25) is 0 Å².